The van der Waals surface area contributed by atoms with Gasteiger partial charge in [-0.2, -0.15) is 0 Å². The number of benzene rings is 3. The molecule has 0 radical (unpaired) electrons. The maximum absolute atomic E-state index is 12.0. The molecule has 18 nitrogen and oxygen atoms in total. The van der Waals surface area contributed by atoms with Gasteiger partial charge in [0.2, 0.25) is 11.8 Å². The second kappa shape index (κ2) is 30.3. The lowest BCUT2D eigenvalue weighted by Gasteiger charge is -2.12. The topological polar surface area (TPSA) is 247 Å². The molecule has 0 unspecified atom stereocenters. The zero-order chi connectivity index (χ0) is 46.5. The maximum Gasteiger partial charge on any atom is 0.513 e. The zero-order valence-electron chi connectivity index (χ0n) is 37.1. The largest absolute Gasteiger partial charge is 0.513 e. The first-order valence-corrected chi connectivity index (χ1v) is 20.4. The monoisotopic (exact) mass is 868 g/mol. The number of aryl methyl sites for hydroxylation is 1. The Morgan fingerprint density at radius 2 is 1.24 bits per heavy atom. The fraction of sp³-hybridized carbons (Fsp3) is 0.455. The van der Waals surface area contributed by atoms with Crippen molar-refractivity contribution in [2.45, 2.75) is 98.8 Å². The van der Waals surface area contributed by atoms with E-state index >= 15 is 0 Å². The highest BCUT2D eigenvalue weighted by Gasteiger charge is 2.16. The van der Waals surface area contributed by atoms with Crippen molar-refractivity contribution in [1.82, 2.24) is 10.2 Å². The van der Waals surface area contributed by atoms with Gasteiger partial charge in [-0.05, 0) is 50.1 Å². The van der Waals surface area contributed by atoms with Gasteiger partial charge in [0, 0.05) is 52.7 Å². The van der Waals surface area contributed by atoms with Crippen molar-refractivity contribution in [2.75, 3.05) is 50.3 Å². The molecule has 0 atom stereocenters. The summed E-state index contributed by atoms with van der Waals surface area (Å²) in [5.74, 6) is -0.491. The first-order chi connectivity index (χ1) is 29.5. The smallest absolute Gasteiger partial charge is 0.506 e. The predicted molar refractivity (Wildman–Crippen MR) is 239 cm³/mol. The van der Waals surface area contributed by atoms with E-state index in [-0.39, 0.29) is 64.2 Å². The molecule has 0 bridgehead atoms. The predicted octanol–water partition coefficient (Wildman–Crippen LogP) is 9.35. The van der Waals surface area contributed by atoms with Crippen LogP contribution in [-0.4, -0.2) is 91.1 Å². The van der Waals surface area contributed by atoms with Crippen molar-refractivity contribution < 1.29 is 58.2 Å². The number of phenols is 3. The highest BCUT2D eigenvalue weighted by molar-refractivity contribution is 5.93. The second-order valence-corrected chi connectivity index (χ2v) is 14.0. The summed E-state index contributed by atoms with van der Waals surface area (Å²) in [6, 6.07) is 11.3. The molecule has 0 saturated heterocycles. The molecule has 18 heteroatoms. The molecule has 0 aromatic heterocycles. The minimum Gasteiger partial charge on any atom is -0.506 e. The van der Waals surface area contributed by atoms with E-state index < -0.39 is 18.3 Å². The number of nitrogens with one attached hydrogen (secondary N) is 4. The van der Waals surface area contributed by atoms with E-state index in [1.807, 2.05) is 6.92 Å². The van der Waals surface area contributed by atoms with Gasteiger partial charge in [-0.1, -0.05) is 70.8 Å². The number of amides is 5. The SMILES string of the molecule is CC(=O)Nc1cc(C)ccc1O.CC(=O)Nc1cc(OC(=O)N(C)C)ccc1O.CCCCCCCCCCCCOC(=O)Oc1cc(N=COC)c(O)c(NC(=O)NCC)c1. The maximum atomic E-state index is 12.0. The number of hydrogen-bond acceptors (Lipinski definition) is 13. The molecule has 0 aliphatic heterocycles. The lowest BCUT2D eigenvalue weighted by molar-refractivity contribution is -0.115. The number of carbonyl (C=O) groups is 5. The van der Waals surface area contributed by atoms with E-state index in [2.05, 4.69) is 33.2 Å². The van der Waals surface area contributed by atoms with Gasteiger partial charge < -0.3 is 60.4 Å². The molecular formula is C44H64N6O12. The number of urea groups is 1. The Balaban J connectivity index is 0.000000544. The van der Waals surface area contributed by atoms with Crippen LogP contribution in [-0.2, 0) is 19.1 Å². The van der Waals surface area contributed by atoms with E-state index in [1.165, 1.54) is 101 Å². The zero-order valence-corrected chi connectivity index (χ0v) is 37.1. The van der Waals surface area contributed by atoms with Gasteiger partial charge in [0.1, 0.15) is 28.7 Å². The number of unbranched alkanes of at least 4 members (excludes halogenated alkanes) is 9. The summed E-state index contributed by atoms with van der Waals surface area (Å²) in [5, 5.41) is 39.0. The molecule has 62 heavy (non-hydrogen) atoms. The molecule has 5 amide bonds. The van der Waals surface area contributed by atoms with Crippen molar-refractivity contribution in [3.63, 3.8) is 0 Å². The summed E-state index contributed by atoms with van der Waals surface area (Å²) < 4.78 is 20.1. The quantitative estimate of drug-likeness (QED) is 0.0149. The molecule has 342 valence electrons. The second-order valence-electron chi connectivity index (χ2n) is 14.0. The van der Waals surface area contributed by atoms with Crippen LogP contribution < -0.4 is 30.7 Å². The van der Waals surface area contributed by atoms with Gasteiger partial charge in [-0.25, -0.2) is 19.4 Å². The lowest BCUT2D eigenvalue weighted by atomic mass is 10.1. The number of phenolic OH excluding ortho intramolecular Hbond substituents is 3. The van der Waals surface area contributed by atoms with Crippen LogP contribution in [0.15, 0.2) is 53.5 Å². The third-order valence-corrected chi connectivity index (χ3v) is 8.18. The summed E-state index contributed by atoms with van der Waals surface area (Å²) in [4.78, 5) is 61.9. The Hall–Kier alpha value is -6.72. The molecule has 0 saturated carbocycles. The minimum absolute atomic E-state index is 0.0317. The summed E-state index contributed by atoms with van der Waals surface area (Å²) in [7, 11) is 4.51. The van der Waals surface area contributed by atoms with E-state index in [0.717, 1.165) is 31.2 Å². The molecule has 3 rings (SSSR count). The third kappa shape index (κ3) is 23.2. The van der Waals surface area contributed by atoms with Gasteiger partial charge in [0.05, 0.1) is 30.8 Å². The van der Waals surface area contributed by atoms with Crippen LogP contribution >= 0.6 is 0 Å². The number of anilines is 3. The number of carbonyl (C=O) groups excluding carboxylic acids is 5. The molecule has 3 aromatic carbocycles. The number of ether oxygens (including phenoxy) is 4. The normalized spacial score (nSPS) is 10.2. The fourth-order valence-corrected chi connectivity index (χ4v) is 5.15. The molecular weight excluding hydrogens is 805 g/mol. The molecule has 0 spiro atoms. The molecule has 3 aromatic rings. The average Bonchev–Trinajstić information content (AvgIpc) is 3.20. The van der Waals surface area contributed by atoms with E-state index in [9.17, 15) is 39.3 Å². The van der Waals surface area contributed by atoms with Crippen molar-refractivity contribution >= 4 is 59.2 Å². The first-order valence-electron chi connectivity index (χ1n) is 20.4. The Morgan fingerprint density at radius 3 is 1.79 bits per heavy atom. The van der Waals surface area contributed by atoms with Gasteiger partial charge in [-0.3, -0.25) is 9.59 Å². The van der Waals surface area contributed by atoms with Crippen LogP contribution in [0, 0.1) is 6.92 Å². The standard InChI is InChI=1S/C24H39N3O6.C11H14N2O4.C9H11NO2/c1-4-6-7-8-9-10-11-12-13-14-15-32-24(30)33-19-16-20(26-18-31-3)22(28)21(17-19)27-23(29)25-5-2;1-7(14)12-9-6-8(4-5-10(9)15)17-11(16)13(2)3;1-6-3-4-9(12)8(5-6)10-7(2)11/h16-18,28H,4-15H2,1-3H3,(H2,25,27,29);4-6,15H,1-3H3,(H,12,14);3-5,12H,1-2H3,(H,10,11). The van der Waals surface area contributed by atoms with Gasteiger partial charge in [-0.15, -0.1) is 0 Å². The van der Waals surface area contributed by atoms with Crippen LogP contribution in [0.4, 0.5) is 37.1 Å². The summed E-state index contributed by atoms with van der Waals surface area (Å²) in [6.07, 6.45) is 11.6. The fourth-order valence-electron chi connectivity index (χ4n) is 5.15. The Kier molecular flexibility index (Phi) is 26.1. The molecule has 0 aliphatic rings. The van der Waals surface area contributed by atoms with Crippen molar-refractivity contribution in [1.29, 1.82) is 0 Å². The Labute approximate surface area is 364 Å². The van der Waals surface area contributed by atoms with Crippen LogP contribution in [0.25, 0.3) is 0 Å². The minimum atomic E-state index is -0.859. The van der Waals surface area contributed by atoms with E-state index in [1.54, 1.807) is 39.2 Å². The molecule has 0 fully saturated rings. The summed E-state index contributed by atoms with van der Waals surface area (Å²) >= 11 is 0. The van der Waals surface area contributed by atoms with Gasteiger partial charge >= 0.3 is 18.3 Å². The molecule has 0 heterocycles. The van der Waals surface area contributed by atoms with E-state index in [4.69, 9.17) is 18.9 Å². The summed E-state index contributed by atoms with van der Waals surface area (Å²) in [6.45, 7) is 9.28. The van der Waals surface area contributed by atoms with Crippen molar-refractivity contribution in [2.24, 2.45) is 4.99 Å². The van der Waals surface area contributed by atoms with Crippen LogP contribution in [0.3, 0.4) is 0 Å². The third-order valence-electron chi connectivity index (χ3n) is 8.18. The molecule has 7 N–H and O–H groups in total. The number of hydrogen-bond donors (Lipinski definition) is 7. The first kappa shape index (κ1) is 53.3. The van der Waals surface area contributed by atoms with Crippen molar-refractivity contribution in [3.05, 3.63) is 54.1 Å². The Morgan fingerprint density at radius 1 is 0.694 bits per heavy atom. The number of aromatic hydroxyl groups is 3. The number of aliphatic imine (C=N–C) groups is 1. The van der Waals surface area contributed by atoms with Gasteiger partial charge in [0.25, 0.3) is 0 Å². The van der Waals surface area contributed by atoms with Crippen LogP contribution in [0.5, 0.6) is 28.7 Å². The number of methoxy groups -OCH3 is 1. The van der Waals surface area contributed by atoms with Crippen LogP contribution in [0.1, 0.15) is 97.5 Å². The van der Waals surface area contributed by atoms with Crippen molar-refractivity contribution in [3.8, 4) is 28.7 Å². The van der Waals surface area contributed by atoms with E-state index in [0.29, 0.717) is 12.2 Å². The highest BCUT2D eigenvalue weighted by Crippen LogP contribution is 2.39. The molecule has 0 aliphatic carbocycles. The lowest BCUT2D eigenvalue weighted by Crippen LogP contribution is -2.28. The summed E-state index contributed by atoms with van der Waals surface area (Å²) in [5.41, 5.74) is 1.74. The number of rotatable bonds is 19. The van der Waals surface area contributed by atoms with Gasteiger partial charge in [0.15, 0.2) is 12.2 Å². The number of nitrogens with zero attached hydrogens (tertiary/aromatic N) is 2. The highest BCUT2D eigenvalue weighted by atomic mass is 16.7. The van der Waals surface area contributed by atoms with Crippen LogP contribution in [0.2, 0.25) is 0 Å². The Bertz CT molecular complexity index is 1900. The average molecular weight is 869 g/mol.